The lowest BCUT2D eigenvalue weighted by Gasteiger charge is -2.16. The van der Waals surface area contributed by atoms with Gasteiger partial charge in [0.25, 0.3) is 0 Å². The predicted octanol–water partition coefficient (Wildman–Crippen LogP) is 15.2. The van der Waals surface area contributed by atoms with E-state index in [1.54, 1.807) is 0 Å². The third-order valence-electron chi connectivity index (χ3n) is 12.5. The Morgan fingerprint density at radius 1 is 0.317 bits per heavy atom. The van der Waals surface area contributed by atoms with Crippen LogP contribution in [0.15, 0.2) is 223 Å². The Labute approximate surface area is 362 Å². The van der Waals surface area contributed by atoms with Gasteiger partial charge in [-0.3, -0.25) is 0 Å². The molecule has 0 aliphatic carbocycles. The van der Waals surface area contributed by atoms with Crippen molar-refractivity contribution >= 4 is 65.6 Å². The minimum atomic E-state index is 0.645. The number of fused-ring (bicyclic) bond motifs is 9. The van der Waals surface area contributed by atoms with Crippen LogP contribution < -0.4 is 0 Å². The van der Waals surface area contributed by atoms with Crippen LogP contribution >= 0.6 is 0 Å². The van der Waals surface area contributed by atoms with E-state index in [-0.39, 0.29) is 0 Å². The van der Waals surface area contributed by atoms with E-state index in [0.717, 1.165) is 94.6 Å². The van der Waals surface area contributed by atoms with Gasteiger partial charge in [-0.15, -0.1) is 0 Å². The fraction of sp³-hybridized carbons (Fsp3) is 0. The first-order valence-electron chi connectivity index (χ1n) is 21.3. The second-order valence-corrected chi connectivity index (χ2v) is 16.2. The summed E-state index contributed by atoms with van der Waals surface area (Å²) in [5, 5.41) is 7.08. The summed E-state index contributed by atoms with van der Waals surface area (Å²) in [5.74, 6) is 0.645. The lowest BCUT2D eigenvalue weighted by Crippen LogP contribution is -2.02. The number of para-hydroxylation sites is 6. The summed E-state index contributed by atoms with van der Waals surface area (Å²) in [5.41, 5.74) is 15.2. The van der Waals surface area contributed by atoms with E-state index in [4.69, 9.17) is 14.4 Å². The van der Waals surface area contributed by atoms with Gasteiger partial charge in [-0.2, -0.15) is 0 Å². The summed E-state index contributed by atoms with van der Waals surface area (Å²) >= 11 is 0. The molecular formula is C58H36N4O. The van der Waals surface area contributed by atoms with Gasteiger partial charge in [-0.25, -0.2) is 9.97 Å². The molecule has 13 aromatic rings. The molecule has 5 heteroatoms. The average Bonchev–Trinajstić information content (AvgIpc) is 4.02. The zero-order chi connectivity index (χ0) is 41.4. The van der Waals surface area contributed by atoms with Crippen molar-refractivity contribution in [3.8, 4) is 56.4 Å². The summed E-state index contributed by atoms with van der Waals surface area (Å²) in [7, 11) is 0. The molecule has 294 valence electrons. The molecule has 63 heavy (non-hydrogen) atoms. The number of rotatable bonds is 6. The van der Waals surface area contributed by atoms with Crippen LogP contribution in [-0.2, 0) is 0 Å². The quantitative estimate of drug-likeness (QED) is 0.168. The Morgan fingerprint density at radius 3 is 1.32 bits per heavy atom. The fourth-order valence-electron chi connectivity index (χ4n) is 9.66. The van der Waals surface area contributed by atoms with Crippen molar-refractivity contribution in [2.24, 2.45) is 0 Å². The molecule has 0 aliphatic rings. The van der Waals surface area contributed by atoms with Gasteiger partial charge in [0, 0.05) is 65.9 Å². The molecule has 0 atom stereocenters. The Morgan fingerprint density at radius 2 is 0.762 bits per heavy atom. The van der Waals surface area contributed by atoms with E-state index in [9.17, 15) is 0 Å². The van der Waals surface area contributed by atoms with Crippen LogP contribution in [-0.4, -0.2) is 19.1 Å². The van der Waals surface area contributed by atoms with E-state index in [1.807, 2.05) is 18.2 Å². The van der Waals surface area contributed by atoms with Gasteiger partial charge in [0.2, 0.25) is 0 Å². The molecule has 0 spiro atoms. The van der Waals surface area contributed by atoms with Gasteiger partial charge in [0.05, 0.1) is 33.5 Å². The maximum atomic E-state index is 6.43. The Hall–Kier alpha value is -8.54. The second kappa shape index (κ2) is 14.0. The third kappa shape index (κ3) is 5.64. The highest BCUT2D eigenvalue weighted by Gasteiger charge is 2.20. The molecule has 9 aromatic carbocycles. The molecule has 0 aliphatic heterocycles. The van der Waals surface area contributed by atoms with E-state index in [2.05, 4.69) is 209 Å². The summed E-state index contributed by atoms with van der Waals surface area (Å²) in [6.07, 6.45) is 0. The molecule has 4 aromatic heterocycles. The minimum Gasteiger partial charge on any atom is -0.455 e. The number of benzene rings is 9. The van der Waals surface area contributed by atoms with E-state index in [1.165, 1.54) is 21.5 Å². The van der Waals surface area contributed by atoms with Crippen LogP contribution in [0.1, 0.15) is 0 Å². The zero-order valence-electron chi connectivity index (χ0n) is 34.0. The van der Waals surface area contributed by atoms with Crippen LogP contribution in [0.3, 0.4) is 0 Å². The molecule has 0 radical (unpaired) electrons. The van der Waals surface area contributed by atoms with Crippen molar-refractivity contribution in [1.82, 2.24) is 19.1 Å². The van der Waals surface area contributed by atoms with E-state index in [0.29, 0.717) is 5.82 Å². The lowest BCUT2D eigenvalue weighted by atomic mass is 9.99. The van der Waals surface area contributed by atoms with Crippen molar-refractivity contribution in [2.75, 3.05) is 0 Å². The standard InChI is InChI=1S/C58H36N4O/c1-2-15-38(16-3-1)50-36-51(39-31-29-37(30-32-39)43-22-14-23-49-48-21-8-13-28-56(48)63-57(43)49)60-58(59-50)40-33-41(61-52-24-9-4-17-44(52)45-18-5-10-25-53(45)61)35-42(34-40)62-54-26-11-6-19-46(54)47-20-7-12-27-55(47)62/h1-36H. The summed E-state index contributed by atoms with van der Waals surface area (Å²) < 4.78 is 11.2. The molecular weight excluding hydrogens is 769 g/mol. The Bertz CT molecular complexity index is 3670. The molecule has 0 bridgehead atoms. The normalized spacial score (nSPS) is 11.8. The van der Waals surface area contributed by atoms with Crippen LogP contribution in [0.5, 0.6) is 0 Å². The predicted molar refractivity (Wildman–Crippen MR) is 260 cm³/mol. The van der Waals surface area contributed by atoms with Gasteiger partial charge < -0.3 is 13.6 Å². The van der Waals surface area contributed by atoms with Crippen molar-refractivity contribution in [1.29, 1.82) is 0 Å². The molecule has 0 saturated carbocycles. The average molecular weight is 805 g/mol. The first-order chi connectivity index (χ1) is 31.2. The van der Waals surface area contributed by atoms with Crippen LogP contribution in [0.2, 0.25) is 0 Å². The Kier molecular flexibility index (Phi) is 7.84. The smallest absolute Gasteiger partial charge is 0.160 e. The summed E-state index contributed by atoms with van der Waals surface area (Å²) in [4.78, 5) is 10.8. The number of hydrogen-bond donors (Lipinski definition) is 0. The molecule has 13 rings (SSSR count). The number of aromatic nitrogens is 4. The maximum absolute atomic E-state index is 6.43. The molecule has 0 unspecified atom stereocenters. The van der Waals surface area contributed by atoms with Crippen LogP contribution in [0.4, 0.5) is 0 Å². The van der Waals surface area contributed by atoms with Gasteiger partial charge in [-0.1, -0.05) is 164 Å². The highest BCUT2D eigenvalue weighted by molar-refractivity contribution is 6.11. The van der Waals surface area contributed by atoms with Gasteiger partial charge in [0.1, 0.15) is 11.2 Å². The van der Waals surface area contributed by atoms with Gasteiger partial charge in [-0.05, 0) is 60.2 Å². The van der Waals surface area contributed by atoms with Crippen molar-refractivity contribution in [3.63, 3.8) is 0 Å². The second-order valence-electron chi connectivity index (χ2n) is 16.2. The molecule has 0 N–H and O–H groups in total. The molecule has 0 fully saturated rings. The fourth-order valence-corrected chi connectivity index (χ4v) is 9.66. The topological polar surface area (TPSA) is 48.8 Å². The van der Waals surface area contributed by atoms with Crippen molar-refractivity contribution < 1.29 is 4.42 Å². The highest BCUT2D eigenvalue weighted by atomic mass is 16.3. The largest absolute Gasteiger partial charge is 0.455 e. The van der Waals surface area contributed by atoms with Gasteiger partial charge in [0.15, 0.2) is 5.82 Å². The minimum absolute atomic E-state index is 0.645. The molecule has 0 amide bonds. The van der Waals surface area contributed by atoms with E-state index >= 15 is 0 Å². The SMILES string of the molecule is c1ccc(-c2cc(-c3ccc(-c4cccc5c4oc4ccccc45)cc3)nc(-c3cc(-n4c5ccccc5c5ccccc54)cc(-n4c5ccccc5c5ccccc54)c3)n2)cc1. The maximum Gasteiger partial charge on any atom is 0.160 e. The van der Waals surface area contributed by atoms with Crippen molar-refractivity contribution in [3.05, 3.63) is 218 Å². The van der Waals surface area contributed by atoms with Crippen LogP contribution in [0.25, 0.3) is 122 Å². The molecule has 0 saturated heterocycles. The summed E-state index contributed by atoms with van der Waals surface area (Å²) in [6.45, 7) is 0. The number of hydrogen-bond acceptors (Lipinski definition) is 3. The van der Waals surface area contributed by atoms with Crippen molar-refractivity contribution in [2.45, 2.75) is 0 Å². The molecule has 4 heterocycles. The third-order valence-corrected chi connectivity index (χ3v) is 12.5. The highest BCUT2D eigenvalue weighted by Crippen LogP contribution is 2.40. The zero-order valence-corrected chi connectivity index (χ0v) is 34.0. The first-order valence-corrected chi connectivity index (χ1v) is 21.3. The van der Waals surface area contributed by atoms with Gasteiger partial charge >= 0.3 is 0 Å². The monoisotopic (exact) mass is 804 g/mol. The summed E-state index contributed by atoms with van der Waals surface area (Å²) in [6, 6.07) is 77.3. The first kappa shape index (κ1) is 35.2. The Balaban J connectivity index is 1.04. The lowest BCUT2D eigenvalue weighted by molar-refractivity contribution is 0.670. The van der Waals surface area contributed by atoms with E-state index < -0.39 is 0 Å². The number of furan rings is 1. The number of nitrogens with zero attached hydrogens (tertiary/aromatic N) is 4. The van der Waals surface area contributed by atoms with Crippen LogP contribution in [0, 0.1) is 0 Å². The molecule has 5 nitrogen and oxygen atoms in total.